The van der Waals surface area contributed by atoms with E-state index < -0.39 is 0 Å². The zero-order valence-corrected chi connectivity index (χ0v) is 18.8. The van der Waals surface area contributed by atoms with Gasteiger partial charge in [-0.25, -0.2) is 0 Å². The predicted octanol–water partition coefficient (Wildman–Crippen LogP) is 6.30. The molecule has 0 aromatic heterocycles. The second-order valence-electron chi connectivity index (χ2n) is 12.6. The van der Waals surface area contributed by atoms with Crippen LogP contribution in [0.1, 0.15) is 98.3 Å². The molecule has 5 aliphatic rings. The first kappa shape index (κ1) is 19.4. The average molecular weight is 383 g/mol. The molecule has 9 unspecified atom stereocenters. The highest BCUT2D eigenvalue weighted by molar-refractivity contribution is 5.20. The van der Waals surface area contributed by atoms with Crippen LogP contribution in [0.5, 0.6) is 0 Å². The van der Waals surface area contributed by atoms with Gasteiger partial charge in [-0.2, -0.15) is 5.26 Å². The van der Waals surface area contributed by atoms with Crippen molar-refractivity contribution in [2.45, 2.75) is 104 Å². The lowest BCUT2D eigenvalue weighted by molar-refractivity contribution is -0.222. The van der Waals surface area contributed by atoms with Crippen LogP contribution in [0.3, 0.4) is 0 Å². The summed E-state index contributed by atoms with van der Waals surface area (Å²) < 4.78 is 0. The van der Waals surface area contributed by atoms with E-state index in [4.69, 9.17) is 5.73 Å². The molecule has 2 heteroatoms. The van der Waals surface area contributed by atoms with Gasteiger partial charge < -0.3 is 5.73 Å². The summed E-state index contributed by atoms with van der Waals surface area (Å²) in [5.41, 5.74) is 7.93. The van der Waals surface area contributed by atoms with Gasteiger partial charge in [-0.05, 0) is 110 Å². The van der Waals surface area contributed by atoms with Crippen molar-refractivity contribution in [1.29, 1.82) is 5.26 Å². The number of rotatable bonds is 0. The minimum atomic E-state index is 0.0284. The topological polar surface area (TPSA) is 49.8 Å². The molecule has 0 heterocycles. The summed E-state index contributed by atoms with van der Waals surface area (Å²) in [7, 11) is 0. The van der Waals surface area contributed by atoms with Crippen molar-refractivity contribution >= 4 is 0 Å². The lowest BCUT2D eigenvalue weighted by Gasteiger charge is -2.71. The third-order valence-corrected chi connectivity index (χ3v) is 12.2. The Balaban J connectivity index is 1.53. The zero-order valence-electron chi connectivity index (χ0n) is 18.8. The fraction of sp³-hybridized carbons (Fsp3) is 0.962. The first-order valence-corrected chi connectivity index (χ1v) is 12.4. The molecule has 0 aromatic rings. The molecule has 0 saturated heterocycles. The third-order valence-electron chi connectivity index (χ3n) is 12.2. The van der Waals surface area contributed by atoms with Gasteiger partial charge in [-0.1, -0.05) is 34.1 Å². The summed E-state index contributed by atoms with van der Waals surface area (Å²) in [5.74, 6) is 3.82. The van der Waals surface area contributed by atoms with Crippen LogP contribution in [0, 0.1) is 62.6 Å². The number of nitriles is 1. The highest BCUT2D eigenvalue weighted by atomic mass is 14.8. The minimum Gasteiger partial charge on any atom is -0.327 e. The maximum atomic E-state index is 10.1. The Labute approximate surface area is 173 Å². The van der Waals surface area contributed by atoms with E-state index in [2.05, 4.69) is 33.8 Å². The summed E-state index contributed by atoms with van der Waals surface area (Å²) in [6.07, 6.45) is 14.4. The molecular weight excluding hydrogens is 340 g/mol. The largest absolute Gasteiger partial charge is 0.327 e. The summed E-state index contributed by atoms with van der Waals surface area (Å²) >= 11 is 0. The van der Waals surface area contributed by atoms with Crippen molar-refractivity contribution in [2.24, 2.45) is 57.0 Å². The molecule has 156 valence electrons. The van der Waals surface area contributed by atoms with Crippen molar-refractivity contribution in [3.63, 3.8) is 0 Å². The van der Waals surface area contributed by atoms with E-state index in [-0.39, 0.29) is 5.41 Å². The number of nitrogens with two attached hydrogens (primary N) is 1. The molecule has 0 aliphatic heterocycles. The Bertz CT molecular complexity index is 695. The molecule has 2 nitrogen and oxygen atoms in total. The van der Waals surface area contributed by atoms with E-state index in [0.717, 1.165) is 17.8 Å². The van der Waals surface area contributed by atoms with Gasteiger partial charge in [0.15, 0.2) is 0 Å². The molecule has 28 heavy (non-hydrogen) atoms. The van der Waals surface area contributed by atoms with E-state index >= 15 is 0 Å². The van der Waals surface area contributed by atoms with Crippen LogP contribution in [0.4, 0.5) is 0 Å². The maximum Gasteiger partial charge on any atom is 0.0692 e. The molecule has 5 aliphatic carbocycles. The van der Waals surface area contributed by atoms with Gasteiger partial charge in [0.25, 0.3) is 0 Å². The number of fused-ring (bicyclic) bond motifs is 7. The molecule has 0 aromatic carbocycles. The first-order valence-electron chi connectivity index (χ1n) is 12.4. The molecule has 0 spiro atoms. The van der Waals surface area contributed by atoms with Crippen LogP contribution in [0.2, 0.25) is 0 Å². The average Bonchev–Trinajstić information content (AvgIpc) is 3.10. The van der Waals surface area contributed by atoms with Gasteiger partial charge in [0.2, 0.25) is 0 Å². The zero-order chi connectivity index (χ0) is 19.9. The number of hydrogen-bond acceptors (Lipinski definition) is 2. The van der Waals surface area contributed by atoms with E-state index in [1.165, 1.54) is 70.6 Å². The number of hydrogen-bond donors (Lipinski definition) is 1. The Hall–Kier alpha value is -0.550. The number of nitrogens with zero attached hydrogens (tertiary/aromatic N) is 1. The highest BCUT2D eigenvalue weighted by Crippen LogP contribution is 2.75. The summed E-state index contributed by atoms with van der Waals surface area (Å²) in [6, 6.07) is 3.28. The van der Waals surface area contributed by atoms with Crippen LogP contribution in [0.25, 0.3) is 0 Å². The van der Waals surface area contributed by atoms with Crippen molar-refractivity contribution in [2.75, 3.05) is 0 Å². The van der Waals surface area contributed by atoms with Crippen LogP contribution >= 0.6 is 0 Å². The quantitative estimate of drug-likeness (QED) is 0.534. The third kappa shape index (κ3) is 2.13. The molecule has 5 saturated carbocycles. The second kappa shape index (κ2) is 6.00. The van der Waals surface area contributed by atoms with Crippen LogP contribution in [0.15, 0.2) is 0 Å². The van der Waals surface area contributed by atoms with Crippen molar-refractivity contribution in [3.8, 4) is 6.07 Å². The Kier molecular flexibility index (Phi) is 4.16. The van der Waals surface area contributed by atoms with E-state index in [0.29, 0.717) is 34.1 Å². The van der Waals surface area contributed by atoms with Gasteiger partial charge in [0.1, 0.15) is 0 Å². The van der Waals surface area contributed by atoms with Crippen molar-refractivity contribution in [1.82, 2.24) is 0 Å². The molecule has 5 rings (SSSR count). The second-order valence-corrected chi connectivity index (χ2v) is 12.6. The van der Waals surface area contributed by atoms with Crippen molar-refractivity contribution in [3.05, 3.63) is 0 Å². The Morgan fingerprint density at radius 1 is 0.786 bits per heavy atom. The fourth-order valence-electron chi connectivity index (χ4n) is 10.4. The summed E-state index contributed by atoms with van der Waals surface area (Å²) in [4.78, 5) is 0. The SMILES string of the molecule is CC1C(N)CCC2(C)C1CCC1(C)C2CCC2C3CCCC3(C#N)CC[C@]21C. The van der Waals surface area contributed by atoms with E-state index in [9.17, 15) is 5.26 Å². The van der Waals surface area contributed by atoms with Gasteiger partial charge in [0, 0.05) is 6.04 Å². The van der Waals surface area contributed by atoms with Crippen LogP contribution in [-0.2, 0) is 0 Å². The standard InChI is InChI=1S/C26H42N2/c1-17-18-9-13-25(4)22(23(18,2)12-10-21(17)28)8-7-19-20-6-5-11-26(20,16-27)15-14-24(19,25)3/h17-22H,5-15,28H2,1-4H3/t17?,18?,19?,20?,21?,22?,23?,24-,25?,26?/m1/s1. The van der Waals surface area contributed by atoms with Crippen molar-refractivity contribution < 1.29 is 0 Å². The van der Waals surface area contributed by atoms with Crippen LogP contribution in [-0.4, -0.2) is 6.04 Å². The van der Waals surface area contributed by atoms with Gasteiger partial charge in [-0.15, -0.1) is 0 Å². The first-order chi connectivity index (χ1) is 13.2. The molecular formula is C26H42N2. The Morgan fingerprint density at radius 3 is 2.32 bits per heavy atom. The summed E-state index contributed by atoms with van der Waals surface area (Å²) in [5, 5.41) is 10.1. The molecule has 10 atom stereocenters. The molecule has 0 radical (unpaired) electrons. The van der Waals surface area contributed by atoms with Gasteiger partial charge in [0.05, 0.1) is 11.5 Å². The lowest BCUT2D eigenvalue weighted by Crippen LogP contribution is -2.65. The minimum absolute atomic E-state index is 0.0284. The fourth-order valence-corrected chi connectivity index (χ4v) is 10.4. The smallest absolute Gasteiger partial charge is 0.0692 e. The Morgan fingerprint density at radius 2 is 1.57 bits per heavy atom. The predicted molar refractivity (Wildman–Crippen MR) is 114 cm³/mol. The normalized spacial score (nSPS) is 60.7. The highest BCUT2D eigenvalue weighted by Gasteiger charge is 2.68. The lowest BCUT2D eigenvalue weighted by atomic mass is 9.33. The molecule has 2 N–H and O–H groups in total. The van der Waals surface area contributed by atoms with Gasteiger partial charge >= 0.3 is 0 Å². The molecule has 0 amide bonds. The van der Waals surface area contributed by atoms with E-state index in [1.807, 2.05) is 0 Å². The maximum absolute atomic E-state index is 10.1. The van der Waals surface area contributed by atoms with E-state index in [1.54, 1.807) is 0 Å². The monoisotopic (exact) mass is 382 g/mol. The van der Waals surface area contributed by atoms with Gasteiger partial charge in [-0.3, -0.25) is 0 Å². The molecule has 0 bridgehead atoms. The molecule has 5 fully saturated rings. The summed E-state index contributed by atoms with van der Waals surface area (Å²) in [6.45, 7) is 10.5. The van der Waals surface area contributed by atoms with Crippen LogP contribution < -0.4 is 5.73 Å².